The summed E-state index contributed by atoms with van der Waals surface area (Å²) in [5, 5.41) is 44.0. The molecule has 10 aromatic rings. The van der Waals surface area contributed by atoms with Gasteiger partial charge in [0.15, 0.2) is 0 Å². The Morgan fingerprint density at radius 2 is 0.640 bits per heavy atom. The highest BCUT2D eigenvalue weighted by molar-refractivity contribution is 5.79. The van der Waals surface area contributed by atoms with Gasteiger partial charge in [-0.1, -0.05) is 197 Å². The molecular weight excluding hydrogens is 1920 g/mol. The Bertz CT molecular complexity index is 5800. The molecule has 0 bridgehead atoms. The van der Waals surface area contributed by atoms with Gasteiger partial charge in [-0.05, 0) is 219 Å². The Morgan fingerprint density at radius 1 is 0.300 bits per heavy atom. The number of esters is 2. The Balaban J connectivity index is 0.000000254. The summed E-state index contributed by atoms with van der Waals surface area (Å²) in [5.74, 6) is 2.44. The number of likely N-dealkylation sites (N-methyl/N-ethyl adjacent to an activating group) is 4. The molecule has 0 amide bonds. The van der Waals surface area contributed by atoms with Crippen molar-refractivity contribution in [3.63, 3.8) is 0 Å². The van der Waals surface area contributed by atoms with Crippen LogP contribution in [0.2, 0.25) is 0 Å². The molecule has 1 aliphatic heterocycles. The van der Waals surface area contributed by atoms with Gasteiger partial charge < -0.3 is 111 Å². The number of hydrogen-bond donors (Lipinski definition) is 5. The second kappa shape index (κ2) is 67.9. The first kappa shape index (κ1) is 122. The smallest absolute Gasteiger partial charge is 0.306 e. The van der Waals surface area contributed by atoms with E-state index in [2.05, 4.69) is 61.9 Å². The number of rotatable bonds is 60. The third-order valence-electron chi connectivity index (χ3n) is 23.0. The van der Waals surface area contributed by atoms with Crippen LogP contribution in [0.15, 0.2) is 280 Å². The van der Waals surface area contributed by atoms with Gasteiger partial charge in [0, 0.05) is 74.2 Å². The average molecular weight is 2070 g/mol. The zero-order valence-electron chi connectivity index (χ0n) is 88.9. The van der Waals surface area contributed by atoms with E-state index in [1.165, 1.54) is 17.5 Å². The Hall–Kier alpha value is -14.9. The maximum absolute atomic E-state index is 12.2. The third kappa shape index (κ3) is 48.4. The average Bonchev–Trinajstić information content (AvgIpc) is 0.800. The van der Waals surface area contributed by atoms with E-state index in [0.717, 1.165) is 141 Å². The minimum absolute atomic E-state index is 0.00463. The number of allylic oxidation sites excluding steroid dienone is 3. The van der Waals surface area contributed by atoms with Crippen LogP contribution in [0.3, 0.4) is 0 Å². The number of piperidine rings is 1. The number of hydrogen-bond acceptors (Lipinski definition) is 26. The van der Waals surface area contributed by atoms with Crippen LogP contribution in [0.4, 0.5) is 0 Å². The number of likely N-dealkylation sites (tertiary alicyclic amines) is 1. The standard InChI is InChI=1S/C28H37NO5.3C23H29NO5.C22H27NO6/c1-2-22-9-8-10-23(19-22)13-14-24-11-4-5-12-26(24)33-21-25(20-29-17-6-3-7-18-29)34-28(32)16-15-27(30)31;1-17(13-14-23(25)26)29-18(15-24(2)3)16-28-22-12-8-6-10-20(22)19-9-5-7-11-21(19)27-4;1-17(12-13-23(25)26)29-20(15-24(2)3)16-28-19-9-7-8-18(14-19)21-10-5-6-11-22(21)27-4;1-17(9-14-23(25)26)29-20(15-24(2)3)16-28-22-8-6-5-7-21(22)18-10-12-19(27-4)13-11-18;1-23(2)14-20(29-22(26)11-10-21(24)25)15-28-19-9-5-7-17(13-19)16-6-4-8-18(12-16)27-3/h4-5,8-12,19,25H,2-3,6-7,13-18,20-21H2,1H3,(H,30,31);5-12,18H,1,13-16H2,2-4H3,(H,25,26);5-11,14,20H,1,12-13,15-16H2,2-4H3,(H,25,26);5-8,10-13,20H,1,9,14-16H2,2-4H3,(H,25,26);4-9,12-13,20H,10-11,14-15H2,1-3H3,(H,24,25). The van der Waals surface area contributed by atoms with Gasteiger partial charge in [0.25, 0.3) is 0 Å². The first-order valence-corrected chi connectivity index (χ1v) is 50.1. The van der Waals surface area contributed by atoms with Crippen molar-refractivity contribution in [3.05, 3.63) is 296 Å². The minimum Gasteiger partial charge on any atom is -0.497 e. The largest absolute Gasteiger partial charge is 0.497 e. The van der Waals surface area contributed by atoms with Crippen molar-refractivity contribution in [2.75, 3.05) is 164 Å². The first-order chi connectivity index (χ1) is 72.1. The summed E-state index contributed by atoms with van der Waals surface area (Å²) in [6.45, 7) is 19.9. The number of benzene rings is 10. The molecule has 10 aromatic carbocycles. The number of carbonyl (C=O) groups is 7. The zero-order chi connectivity index (χ0) is 109. The normalized spacial score (nSPS) is 12.5. The predicted octanol–water partition coefficient (Wildman–Crippen LogP) is 20.0. The number of methoxy groups -OCH3 is 4. The van der Waals surface area contributed by atoms with Crippen molar-refractivity contribution in [2.45, 2.75) is 140 Å². The van der Waals surface area contributed by atoms with Crippen LogP contribution < -0.4 is 42.6 Å². The van der Waals surface area contributed by atoms with Crippen molar-refractivity contribution in [1.29, 1.82) is 0 Å². The number of carbonyl (C=O) groups excluding carboxylic acids is 2. The van der Waals surface area contributed by atoms with E-state index in [0.29, 0.717) is 75.6 Å². The molecular formula is C119H151N5O26. The lowest BCUT2D eigenvalue weighted by molar-refractivity contribution is -0.154. The molecule has 1 heterocycles. The molecule has 31 nitrogen and oxygen atoms in total. The van der Waals surface area contributed by atoms with Crippen molar-refractivity contribution >= 4 is 41.8 Å². The molecule has 0 spiro atoms. The van der Waals surface area contributed by atoms with Crippen molar-refractivity contribution < 1.29 is 125 Å². The zero-order valence-corrected chi connectivity index (χ0v) is 88.9. The van der Waals surface area contributed by atoms with Crippen molar-refractivity contribution in [3.8, 4) is 96.3 Å². The Labute approximate surface area is 883 Å². The summed E-state index contributed by atoms with van der Waals surface area (Å²) in [6.07, 6.45) is 4.62. The molecule has 0 saturated carbocycles. The van der Waals surface area contributed by atoms with Crippen molar-refractivity contribution in [1.82, 2.24) is 24.5 Å². The number of ether oxygens (including phenoxy) is 14. The number of para-hydroxylation sites is 5. The highest BCUT2D eigenvalue weighted by Gasteiger charge is 2.26. The van der Waals surface area contributed by atoms with Gasteiger partial charge in [0.1, 0.15) is 115 Å². The minimum atomic E-state index is -1.03. The summed E-state index contributed by atoms with van der Waals surface area (Å²) in [6, 6.07) is 78.8. The van der Waals surface area contributed by atoms with E-state index >= 15 is 0 Å². The molecule has 0 aromatic heterocycles. The Morgan fingerprint density at radius 3 is 1.09 bits per heavy atom. The number of carboxylic acid groups (broad SMARTS) is 5. The van der Waals surface area contributed by atoms with E-state index in [-0.39, 0.29) is 95.7 Å². The third-order valence-corrected chi connectivity index (χ3v) is 23.0. The van der Waals surface area contributed by atoms with Crippen LogP contribution in [0, 0.1) is 0 Å². The van der Waals surface area contributed by atoms with Crippen LogP contribution in [0.1, 0.15) is 107 Å². The fraction of sp³-hybridized carbons (Fsp3) is 0.387. The van der Waals surface area contributed by atoms with Gasteiger partial charge in [-0.3, -0.25) is 38.5 Å². The first-order valence-electron chi connectivity index (χ1n) is 50.1. The van der Waals surface area contributed by atoms with E-state index < -0.39 is 54.0 Å². The molecule has 1 fully saturated rings. The lowest BCUT2D eigenvalue weighted by Crippen LogP contribution is -2.41. The van der Waals surface area contributed by atoms with Crippen LogP contribution in [-0.2, 0) is 76.5 Å². The van der Waals surface area contributed by atoms with Gasteiger partial charge >= 0.3 is 41.8 Å². The molecule has 5 atom stereocenters. The topological polar surface area (TPSA) is 366 Å². The van der Waals surface area contributed by atoms with Crippen molar-refractivity contribution in [2.24, 2.45) is 0 Å². The lowest BCUT2D eigenvalue weighted by atomic mass is 10.0. The Kier molecular flexibility index (Phi) is 55.2. The summed E-state index contributed by atoms with van der Waals surface area (Å²) < 4.78 is 80.3. The summed E-state index contributed by atoms with van der Waals surface area (Å²) >= 11 is 0. The van der Waals surface area contributed by atoms with E-state index in [9.17, 15) is 33.6 Å². The van der Waals surface area contributed by atoms with Gasteiger partial charge in [0.05, 0.1) is 90.7 Å². The molecule has 808 valence electrons. The number of aliphatic carboxylic acids is 5. The van der Waals surface area contributed by atoms with E-state index in [1.807, 2.05) is 288 Å². The molecule has 1 aliphatic rings. The molecule has 5 N–H and O–H groups in total. The molecule has 31 heteroatoms. The molecule has 150 heavy (non-hydrogen) atoms. The lowest BCUT2D eigenvalue weighted by Gasteiger charge is -2.30. The maximum atomic E-state index is 12.2. The van der Waals surface area contributed by atoms with E-state index in [4.69, 9.17) is 91.8 Å². The van der Waals surface area contributed by atoms with E-state index in [1.54, 1.807) is 28.4 Å². The predicted molar refractivity (Wildman–Crippen MR) is 582 cm³/mol. The number of nitrogens with zero attached hydrogens (tertiary/aromatic N) is 5. The summed E-state index contributed by atoms with van der Waals surface area (Å²) in [7, 11) is 22.0. The maximum Gasteiger partial charge on any atom is 0.306 e. The van der Waals surface area contributed by atoms with Crippen LogP contribution in [0.5, 0.6) is 51.7 Å². The molecule has 1 saturated heterocycles. The van der Waals surface area contributed by atoms with Crippen LogP contribution >= 0.6 is 0 Å². The quantitative estimate of drug-likeness (QED) is 0.0175. The van der Waals surface area contributed by atoms with Gasteiger partial charge in [-0.25, -0.2) is 0 Å². The van der Waals surface area contributed by atoms with Crippen LogP contribution in [0.25, 0.3) is 44.5 Å². The molecule has 11 rings (SSSR count). The molecule has 0 radical (unpaired) electrons. The van der Waals surface area contributed by atoms with Gasteiger partial charge in [-0.15, -0.1) is 0 Å². The van der Waals surface area contributed by atoms with Gasteiger partial charge in [0.2, 0.25) is 0 Å². The second-order valence-electron chi connectivity index (χ2n) is 36.7. The number of carboxylic acids is 5. The molecule has 5 unspecified atom stereocenters. The fourth-order valence-corrected chi connectivity index (χ4v) is 15.8. The second-order valence-corrected chi connectivity index (χ2v) is 36.7. The molecule has 0 aliphatic carbocycles. The van der Waals surface area contributed by atoms with Crippen LogP contribution in [-0.4, -0.2) is 286 Å². The summed E-state index contributed by atoms with van der Waals surface area (Å²) in [4.78, 5) is 87.9. The van der Waals surface area contributed by atoms with Gasteiger partial charge in [-0.2, -0.15) is 0 Å². The SMILES string of the molecule is C=C(CCC(=O)O)OC(COc1cccc(-c2ccccc2OC)c1)CN(C)C.C=C(CCC(=O)O)OC(COc1ccccc1-c1ccc(OC)cc1)CN(C)C.C=C(CCC(=O)O)OC(COc1ccccc1-c1ccccc1OC)CN(C)C.CCc1cccc(CCc2ccccc2OCC(CN2CCCCC2)OC(=O)CCC(=O)O)c1.COc1cccc(-c2cccc(OCC(CN(C)C)OC(=O)CCC(=O)O)c2)c1. The number of aryl methyl sites for hydroxylation is 3. The highest BCUT2D eigenvalue weighted by Crippen LogP contribution is 2.38. The highest BCUT2D eigenvalue weighted by atomic mass is 16.6. The fourth-order valence-electron chi connectivity index (χ4n) is 15.8. The monoisotopic (exact) mass is 2070 g/mol. The summed E-state index contributed by atoms with van der Waals surface area (Å²) in [5.41, 5.74) is 11.6.